The molecule has 0 aliphatic carbocycles. The molecule has 0 bridgehead atoms. The molecule has 0 aromatic carbocycles. The lowest BCUT2D eigenvalue weighted by molar-refractivity contribution is 0.549. The standard InChI is InChI=1S/C15H30Cl/c1-3-5-7-9-10-12-14-15(16)13-11-8-6-4-2/h15H,2-14H2,1H3. The van der Waals surface area contributed by atoms with Crippen molar-refractivity contribution >= 4 is 11.6 Å². The van der Waals surface area contributed by atoms with Crippen molar-refractivity contribution < 1.29 is 0 Å². The second-order valence-corrected chi connectivity index (χ2v) is 5.47. The minimum Gasteiger partial charge on any atom is -0.123 e. The van der Waals surface area contributed by atoms with E-state index in [-0.39, 0.29) is 0 Å². The molecule has 0 fully saturated rings. The van der Waals surface area contributed by atoms with E-state index in [1.165, 1.54) is 70.6 Å². The van der Waals surface area contributed by atoms with E-state index in [4.69, 9.17) is 11.6 Å². The smallest absolute Gasteiger partial charge is 0.0336 e. The average Bonchev–Trinajstić information content (AvgIpc) is 2.29. The fraction of sp³-hybridized carbons (Fsp3) is 0.933. The Morgan fingerprint density at radius 3 is 1.88 bits per heavy atom. The molecule has 1 atom stereocenters. The third kappa shape index (κ3) is 12.4. The van der Waals surface area contributed by atoms with E-state index in [0.717, 1.165) is 6.42 Å². The zero-order valence-corrected chi connectivity index (χ0v) is 11.9. The van der Waals surface area contributed by atoms with Crippen LogP contribution in [0.3, 0.4) is 0 Å². The van der Waals surface area contributed by atoms with Crippen LogP contribution >= 0.6 is 11.6 Å². The first-order chi connectivity index (χ1) is 7.81. The van der Waals surface area contributed by atoms with Crippen LogP contribution in [-0.2, 0) is 0 Å². The Bertz CT molecular complexity index is 123. The van der Waals surface area contributed by atoms with Gasteiger partial charge in [-0.05, 0) is 12.8 Å². The van der Waals surface area contributed by atoms with Gasteiger partial charge < -0.3 is 0 Å². The Morgan fingerprint density at radius 2 is 1.31 bits per heavy atom. The molecule has 0 aliphatic rings. The van der Waals surface area contributed by atoms with E-state index in [1.54, 1.807) is 0 Å². The molecule has 1 radical (unpaired) electrons. The van der Waals surface area contributed by atoms with E-state index < -0.39 is 0 Å². The van der Waals surface area contributed by atoms with Gasteiger partial charge in [0.25, 0.3) is 0 Å². The largest absolute Gasteiger partial charge is 0.123 e. The molecule has 1 unspecified atom stereocenters. The molecule has 0 aliphatic heterocycles. The Kier molecular flexibility index (Phi) is 13.6. The number of hydrogen-bond donors (Lipinski definition) is 0. The molecule has 97 valence electrons. The van der Waals surface area contributed by atoms with E-state index in [2.05, 4.69) is 13.8 Å². The van der Waals surface area contributed by atoms with Gasteiger partial charge in [-0.2, -0.15) is 0 Å². The zero-order chi connectivity index (χ0) is 12.1. The van der Waals surface area contributed by atoms with Gasteiger partial charge in [-0.3, -0.25) is 0 Å². The normalized spacial score (nSPS) is 12.9. The third-order valence-corrected chi connectivity index (χ3v) is 3.57. The van der Waals surface area contributed by atoms with Gasteiger partial charge in [-0.1, -0.05) is 78.1 Å². The van der Waals surface area contributed by atoms with Gasteiger partial charge in [0, 0.05) is 5.38 Å². The second-order valence-electron chi connectivity index (χ2n) is 4.86. The number of rotatable bonds is 12. The predicted octanol–water partition coefficient (Wildman–Crippen LogP) is 6.13. The summed E-state index contributed by atoms with van der Waals surface area (Å²) in [6.07, 6.45) is 15.6. The molecule has 1 heteroatoms. The van der Waals surface area contributed by atoms with Crippen molar-refractivity contribution in [3.8, 4) is 0 Å². The van der Waals surface area contributed by atoms with Gasteiger partial charge in [0.05, 0.1) is 0 Å². The van der Waals surface area contributed by atoms with Crippen molar-refractivity contribution in [1.29, 1.82) is 0 Å². The molecule has 0 heterocycles. The number of alkyl halides is 1. The maximum atomic E-state index is 6.28. The molecule has 0 N–H and O–H groups in total. The summed E-state index contributed by atoms with van der Waals surface area (Å²) in [5.74, 6) is 0. The summed E-state index contributed by atoms with van der Waals surface area (Å²) in [4.78, 5) is 0. The Balaban J connectivity index is 3.08. The topological polar surface area (TPSA) is 0 Å². The molecular formula is C15H30Cl. The van der Waals surface area contributed by atoms with Crippen molar-refractivity contribution in [2.75, 3.05) is 0 Å². The fourth-order valence-corrected chi connectivity index (χ4v) is 2.32. The Hall–Kier alpha value is 0.290. The van der Waals surface area contributed by atoms with Crippen LogP contribution in [0.15, 0.2) is 0 Å². The molecule has 0 rings (SSSR count). The maximum Gasteiger partial charge on any atom is 0.0336 e. The summed E-state index contributed by atoms with van der Waals surface area (Å²) in [5, 5.41) is 0.427. The molecule has 0 nitrogen and oxygen atoms in total. The molecular weight excluding hydrogens is 216 g/mol. The lowest BCUT2D eigenvalue weighted by atomic mass is 10.0. The van der Waals surface area contributed by atoms with Crippen LogP contribution in [0.1, 0.15) is 84.0 Å². The van der Waals surface area contributed by atoms with Gasteiger partial charge in [0.2, 0.25) is 0 Å². The van der Waals surface area contributed by atoms with Crippen LogP contribution in [0, 0.1) is 6.92 Å². The van der Waals surface area contributed by atoms with Crippen molar-refractivity contribution in [3.05, 3.63) is 6.92 Å². The summed E-state index contributed by atoms with van der Waals surface area (Å²) in [7, 11) is 0. The first-order valence-electron chi connectivity index (χ1n) is 7.24. The Labute approximate surface area is 108 Å². The fourth-order valence-electron chi connectivity index (χ4n) is 2.01. The lowest BCUT2D eigenvalue weighted by Crippen LogP contribution is -1.98. The summed E-state index contributed by atoms with van der Waals surface area (Å²) in [5.41, 5.74) is 0. The van der Waals surface area contributed by atoms with Gasteiger partial charge in [-0.15, -0.1) is 11.6 Å². The highest BCUT2D eigenvalue weighted by Crippen LogP contribution is 2.17. The highest BCUT2D eigenvalue weighted by Gasteiger charge is 2.03. The van der Waals surface area contributed by atoms with Gasteiger partial charge >= 0.3 is 0 Å². The highest BCUT2D eigenvalue weighted by atomic mass is 35.5. The monoisotopic (exact) mass is 245 g/mol. The number of hydrogen-bond acceptors (Lipinski definition) is 0. The molecule has 0 spiro atoms. The van der Waals surface area contributed by atoms with E-state index in [9.17, 15) is 0 Å². The Morgan fingerprint density at radius 1 is 0.812 bits per heavy atom. The van der Waals surface area contributed by atoms with Crippen LogP contribution in [-0.4, -0.2) is 5.38 Å². The molecule has 16 heavy (non-hydrogen) atoms. The van der Waals surface area contributed by atoms with Crippen LogP contribution in [0.5, 0.6) is 0 Å². The van der Waals surface area contributed by atoms with E-state index in [0.29, 0.717) is 5.38 Å². The van der Waals surface area contributed by atoms with Crippen LogP contribution in [0.2, 0.25) is 0 Å². The first-order valence-corrected chi connectivity index (χ1v) is 7.68. The second kappa shape index (κ2) is 13.4. The summed E-state index contributed by atoms with van der Waals surface area (Å²) >= 11 is 6.28. The lowest BCUT2D eigenvalue weighted by Gasteiger charge is -2.08. The van der Waals surface area contributed by atoms with Crippen LogP contribution < -0.4 is 0 Å². The molecule has 0 saturated carbocycles. The minimum absolute atomic E-state index is 0.427. The average molecular weight is 246 g/mol. The molecule has 0 aromatic rings. The van der Waals surface area contributed by atoms with Crippen molar-refractivity contribution in [1.82, 2.24) is 0 Å². The quantitative estimate of drug-likeness (QED) is 0.287. The first kappa shape index (κ1) is 16.3. The van der Waals surface area contributed by atoms with Gasteiger partial charge in [0.1, 0.15) is 0 Å². The number of halogens is 1. The van der Waals surface area contributed by atoms with Crippen molar-refractivity contribution in [2.24, 2.45) is 0 Å². The highest BCUT2D eigenvalue weighted by molar-refractivity contribution is 6.20. The third-order valence-electron chi connectivity index (χ3n) is 3.14. The summed E-state index contributed by atoms with van der Waals surface area (Å²) < 4.78 is 0. The van der Waals surface area contributed by atoms with E-state index in [1.807, 2.05) is 0 Å². The van der Waals surface area contributed by atoms with Crippen LogP contribution in [0.4, 0.5) is 0 Å². The minimum atomic E-state index is 0.427. The maximum absolute atomic E-state index is 6.28. The van der Waals surface area contributed by atoms with Gasteiger partial charge in [-0.25, -0.2) is 0 Å². The zero-order valence-electron chi connectivity index (χ0n) is 11.1. The SMILES string of the molecule is [CH2]CCCCCC(Cl)CCCCCCCC. The predicted molar refractivity (Wildman–Crippen MR) is 76.1 cm³/mol. The van der Waals surface area contributed by atoms with Crippen molar-refractivity contribution in [3.63, 3.8) is 0 Å². The van der Waals surface area contributed by atoms with Crippen molar-refractivity contribution in [2.45, 2.75) is 89.4 Å². The number of unbranched alkanes of at least 4 members (excludes halogenated alkanes) is 8. The molecule has 0 amide bonds. The summed E-state index contributed by atoms with van der Waals surface area (Å²) in [6, 6.07) is 0. The van der Waals surface area contributed by atoms with Crippen LogP contribution in [0.25, 0.3) is 0 Å². The van der Waals surface area contributed by atoms with E-state index >= 15 is 0 Å². The molecule has 0 saturated heterocycles. The molecule has 0 aromatic heterocycles. The van der Waals surface area contributed by atoms with Gasteiger partial charge in [0.15, 0.2) is 0 Å². The summed E-state index contributed by atoms with van der Waals surface area (Å²) in [6.45, 7) is 6.12.